The fourth-order valence-corrected chi connectivity index (χ4v) is 5.41. The van der Waals surface area contributed by atoms with Gasteiger partial charge < -0.3 is 0 Å². The Morgan fingerprint density at radius 3 is 2.44 bits per heavy atom. The Hall–Kier alpha value is -1.69. The van der Waals surface area contributed by atoms with E-state index in [1.54, 1.807) is 16.4 Å². The van der Waals surface area contributed by atoms with E-state index in [0.29, 0.717) is 24.0 Å². The van der Waals surface area contributed by atoms with E-state index >= 15 is 0 Å². The van der Waals surface area contributed by atoms with Crippen molar-refractivity contribution in [1.29, 1.82) is 0 Å². The molecule has 0 saturated carbocycles. The van der Waals surface area contributed by atoms with Crippen LogP contribution in [0.2, 0.25) is 0 Å². The summed E-state index contributed by atoms with van der Waals surface area (Å²) in [6.45, 7) is 5.12. The smallest absolute Gasteiger partial charge is 0.243 e. The number of hydrogen-bond acceptors (Lipinski definition) is 3. The Bertz CT molecular complexity index is 862. The molecular formula is C20H24N2O2S. The third-order valence-electron chi connectivity index (χ3n) is 5.46. The first-order chi connectivity index (χ1) is 12.0. The van der Waals surface area contributed by atoms with Gasteiger partial charge in [-0.25, -0.2) is 8.42 Å². The van der Waals surface area contributed by atoms with E-state index in [0.717, 1.165) is 31.5 Å². The molecule has 132 valence electrons. The van der Waals surface area contributed by atoms with E-state index in [1.165, 1.54) is 11.1 Å². The molecule has 1 atom stereocenters. The lowest BCUT2D eigenvalue weighted by Crippen LogP contribution is -2.41. The fourth-order valence-electron chi connectivity index (χ4n) is 3.92. The van der Waals surface area contributed by atoms with E-state index in [1.807, 2.05) is 19.1 Å². The maximum Gasteiger partial charge on any atom is 0.243 e. The van der Waals surface area contributed by atoms with Crippen molar-refractivity contribution < 1.29 is 8.42 Å². The highest BCUT2D eigenvalue weighted by molar-refractivity contribution is 7.89. The Balaban J connectivity index is 1.47. The quantitative estimate of drug-likeness (QED) is 0.849. The monoisotopic (exact) mass is 356 g/mol. The second-order valence-electron chi connectivity index (χ2n) is 7.11. The van der Waals surface area contributed by atoms with Crippen LogP contribution in [0.25, 0.3) is 0 Å². The van der Waals surface area contributed by atoms with Gasteiger partial charge in [-0.2, -0.15) is 4.31 Å². The highest BCUT2D eigenvalue weighted by Crippen LogP contribution is 2.27. The number of aryl methyl sites for hydroxylation is 1. The predicted octanol–water partition coefficient (Wildman–Crippen LogP) is 2.82. The third-order valence-corrected chi connectivity index (χ3v) is 7.34. The number of rotatable bonds is 3. The number of sulfonamides is 1. The van der Waals surface area contributed by atoms with Crippen LogP contribution in [0.15, 0.2) is 53.4 Å². The topological polar surface area (TPSA) is 40.6 Å². The molecule has 0 unspecified atom stereocenters. The van der Waals surface area contributed by atoms with E-state index in [-0.39, 0.29) is 0 Å². The molecule has 2 aliphatic rings. The predicted molar refractivity (Wildman–Crippen MR) is 98.9 cm³/mol. The maximum absolute atomic E-state index is 12.9. The molecular weight excluding hydrogens is 332 g/mol. The molecule has 2 aromatic carbocycles. The molecule has 4 nitrogen and oxygen atoms in total. The van der Waals surface area contributed by atoms with Crippen LogP contribution in [0.3, 0.4) is 0 Å². The van der Waals surface area contributed by atoms with Crippen LogP contribution in [0.4, 0.5) is 0 Å². The van der Waals surface area contributed by atoms with Crippen molar-refractivity contribution in [3.05, 3.63) is 65.2 Å². The summed E-state index contributed by atoms with van der Waals surface area (Å²) >= 11 is 0. The van der Waals surface area contributed by atoms with E-state index in [4.69, 9.17) is 0 Å². The van der Waals surface area contributed by atoms with Gasteiger partial charge in [0.15, 0.2) is 0 Å². The normalized spacial score (nSPS) is 22.0. The number of nitrogens with zero attached hydrogens (tertiary/aromatic N) is 2. The second-order valence-corrected chi connectivity index (χ2v) is 9.05. The van der Waals surface area contributed by atoms with Crippen LogP contribution < -0.4 is 0 Å². The lowest BCUT2D eigenvalue weighted by atomic mass is 9.98. The summed E-state index contributed by atoms with van der Waals surface area (Å²) in [4.78, 5) is 2.86. The number of fused-ring (bicyclic) bond motifs is 1. The standard InChI is InChI=1S/C20H24N2O2S/c1-16-6-8-20(9-7-16)25(23,24)22-13-11-19(15-22)21-12-10-17-4-2-3-5-18(17)14-21/h2-9,19H,10-15H2,1H3/t19-/m0/s1. The van der Waals surface area contributed by atoms with Gasteiger partial charge in [0, 0.05) is 32.2 Å². The SMILES string of the molecule is Cc1ccc(S(=O)(=O)N2CC[C@H](N3CCc4ccccc4C3)C2)cc1. The van der Waals surface area contributed by atoms with Crippen molar-refractivity contribution in [2.45, 2.75) is 37.2 Å². The molecule has 0 radical (unpaired) electrons. The van der Waals surface area contributed by atoms with Crippen LogP contribution >= 0.6 is 0 Å². The maximum atomic E-state index is 12.9. The number of hydrogen-bond donors (Lipinski definition) is 0. The van der Waals surface area contributed by atoms with Crippen molar-refractivity contribution in [3.8, 4) is 0 Å². The molecule has 2 aromatic rings. The van der Waals surface area contributed by atoms with Gasteiger partial charge in [0.2, 0.25) is 10.0 Å². The van der Waals surface area contributed by atoms with Crippen LogP contribution in [0, 0.1) is 6.92 Å². The highest BCUT2D eigenvalue weighted by atomic mass is 32.2. The third kappa shape index (κ3) is 3.24. The second kappa shape index (κ2) is 6.56. The van der Waals surface area contributed by atoms with Gasteiger partial charge in [-0.1, -0.05) is 42.0 Å². The minimum absolute atomic E-state index is 0.313. The average molecular weight is 356 g/mol. The van der Waals surface area contributed by atoms with Crippen molar-refractivity contribution >= 4 is 10.0 Å². The molecule has 2 aliphatic heterocycles. The molecule has 0 aromatic heterocycles. The summed E-state index contributed by atoms with van der Waals surface area (Å²) in [5, 5.41) is 0. The molecule has 0 N–H and O–H groups in total. The summed E-state index contributed by atoms with van der Waals surface area (Å²) in [7, 11) is -3.38. The van der Waals surface area contributed by atoms with Gasteiger partial charge in [-0.3, -0.25) is 4.90 Å². The average Bonchev–Trinajstić information content (AvgIpc) is 3.13. The van der Waals surface area contributed by atoms with E-state index in [9.17, 15) is 8.42 Å². The Kier molecular flexibility index (Phi) is 4.40. The van der Waals surface area contributed by atoms with Crippen molar-refractivity contribution in [1.82, 2.24) is 9.21 Å². The minimum Gasteiger partial charge on any atom is -0.294 e. The summed E-state index contributed by atoms with van der Waals surface area (Å²) < 4.78 is 27.4. The first kappa shape index (κ1) is 16.8. The summed E-state index contributed by atoms with van der Waals surface area (Å²) in [6, 6.07) is 16.1. The van der Waals surface area contributed by atoms with Gasteiger partial charge >= 0.3 is 0 Å². The molecule has 1 fully saturated rings. The summed E-state index contributed by atoms with van der Waals surface area (Å²) in [5.41, 5.74) is 3.89. The molecule has 0 aliphatic carbocycles. The fraction of sp³-hybridized carbons (Fsp3) is 0.400. The molecule has 0 amide bonds. The zero-order chi connectivity index (χ0) is 17.4. The lowest BCUT2D eigenvalue weighted by molar-refractivity contribution is 0.185. The van der Waals surface area contributed by atoms with Crippen LogP contribution in [0.5, 0.6) is 0 Å². The van der Waals surface area contributed by atoms with Crippen LogP contribution in [-0.2, 0) is 23.0 Å². The van der Waals surface area contributed by atoms with Gasteiger partial charge in [0.25, 0.3) is 0 Å². The zero-order valence-electron chi connectivity index (χ0n) is 14.6. The van der Waals surface area contributed by atoms with Crippen LogP contribution in [0.1, 0.15) is 23.1 Å². The minimum atomic E-state index is -3.38. The molecule has 5 heteroatoms. The first-order valence-electron chi connectivity index (χ1n) is 8.92. The van der Waals surface area contributed by atoms with Crippen LogP contribution in [-0.4, -0.2) is 43.3 Å². The Morgan fingerprint density at radius 2 is 1.68 bits per heavy atom. The van der Waals surface area contributed by atoms with Crippen molar-refractivity contribution in [2.75, 3.05) is 19.6 Å². The van der Waals surface area contributed by atoms with Gasteiger partial charge in [0.1, 0.15) is 0 Å². The highest BCUT2D eigenvalue weighted by Gasteiger charge is 2.36. The molecule has 0 spiro atoms. The molecule has 4 rings (SSSR count). The Morgan fingerprint density at radius 1 is 0.960 bits per heavy atom. The zero-order valence-corrected chi connectivity index (χ0v) is 15.4. The van der Waals surface area contributed by atoms with Gasteiger partial charge in [-0.05, 0) is 43.0 Å². The van der Waals surface area contributed by atoms with E-state index < -0.39 is 10.0 Å². The summed E-state index contributed by atoms with van der Waals surface area (Å²) in [5.74, 6) is 0. The summed E-state index contributed by atoms with van der Waals surface area (Å²) in [6.07, 6.45) is 1.96. The van der Waals surface area contributed by atoms with Crippen molar-refractivity contribution in [3.63, 3.8) is 0 Å². The number of benzene rings is 2. The van der Waals surface area contributed by atoms with Gasteiger partial charge in [-0.15, -0.1) is 0 Å². The van der Waals surface area contributed by atoms with Gasteiger partial charge in [0.05, 0.1) is 4.90 Å². The molecule has 0 bridgehead atoms. The lowest BCUT2D eigenvalue weighted by Gasteiger charge is -2.33. The Labute approximate surface area is 150 Å². The molecule has 2 heterocycles. The van der Waals surface area contributed by atoms with E-state index in [2.05, 4.69) is 29.2 Å². The first-order valence-corrected chi connectivity index (χ1v) is 10.4. The molecule has 1 saturated heterocycles. The largest absolute Gasteiger partial charge is 0.294 e. The molecule has 25 heavy (non-hydrogen) atoms. The van der Waals surface area contributed by atoms with Crippen molar-refractivity contribution in [2.24, 2.45) is 0 Å².